The van der Waals surface area contributed by atoms with Crippen LogP contribution >= 0.6 is 53.3 Å². The molecule has 3 fully saturated rings. The van der Waals surface area contributed by atoms with Crippen LogP contribution in [0.4, 0.5) is 0 Å². The predicted octanol–water partition coefficient (Wildman–Crippen LogP) is 9.78. The summed E-state index contributed by atoms with van der Waals surface area (Å²) in [4.78, 5) is 74.7. The van der Waals surface area contributed by atoms with Crippen molar-refractivity contribution in [1.82, 2.24) is 9.80 Å². The zero-order valence-corrected chi connectivity index (χ0v) is 44.7. The van der Waals surface area contributed by atoms with Gasteiger partial charge >= 0.3 is 5.97 Å². The van der Waals surface area contributed by atoms with E-state index in [0.717, 1.165) is 34.2 Å². The Bertz CT molecular complexity index is 2770. The first-order chi connectivity index (χ1) is 35.1. The highest BCUT2D eigenvalue weighted by Crippen LogP contribution is 2.47. The van der Waals surface area contributed by atoms with Gasteiger partial charge in [-0.2, -0.15) is 15.0 Å². The third-order valence-electron chi connectivity index (χ3n) is 12.0. The lowest BCUT2D eigenvalue weighted by Crippen LogP contribution is -2.42. The van der Waals surface area contributed by atoms with E-state index in [-0.39, 0.29) is 35.2 Å². The fourth-order valence-electron chi connectivity index (χ4n) is 8.13. The van der Waals surface area contributed by atoms with E-state index in [2.05, 4.69) is 20.6 Å². The molecule has 382 valence electrons. The summed E-state index contributed by atoms with van der Waals surface area (Å²) in [5.74, 6) is -2.71. The van der Waals surface area contributed by atoms with Gasteiger partial charge in [0.05, 0.1) is 27.2 Å². The fraction of sp³-hybridized carbons (Fsp3) is 0.268. The number of ether oxygens (including phenoxy) is 1. The number of amides is 2. The second-order valence-corrected chi connectivity index (χ2v) is 22.1. The van der Waals surface area contributed by atoms with Gasteiger partial charge in [0, 0.05) is 57.3 Å². The molecule has 5 aromatic rings. The normalized spacial score (nSPS) is 15.3. The largest absolute Gasteiger partial charge is 0.463 e. The molecule has 0 spiro atoms. The van der Waals surface area contributed by atoms with Gasteiger partial charge in [-0.05, 0) is 110 Å². The van der Waals surface area contributed by atoms with Crippen molar-refractivity contribution in [3.63, 3.8) is 0 Å². The molecular weight excluding hydrogens is 1030 g/mol. The average Bonchev–Trinajstić information content (AvgIpc) is 4.14. The molecule has 3 heterocycles. The second-order valence-electron chi connectivity index (χ2n) is 17.1. The minimum Gasteiger partial charge on any atom is -0.463 e. The van der Waals surface area contributed by atoms with Crippen molar-refractivity contribution in [1.29, 1.82) is 5.26 Å². The van der Waals surface area contributed by atoms with E-state index in [1.165, 1.54) is 19.3 Å². The number of halogens is 4. The first-order valence-corrected chi connectivity index (χ1v) is 26.5. The monoisotopic (exact) mass is 1090 g/mol. The van der Waals surface area contributed by atoms with Gasteiger partial charge in [0.25, 0.3) is 0 Å². The minimum absolute atomic E-state index is 0.124. The highest BCUT2D eigenvalue weighted by atomic mass is 35.5. The van der Waals surface area contributed by atoms with Crippen LogP contribution in [0.15, 0.2) is 140 Å². The molecule has 0 aromatic heterocycles. The highest BCUT2D eigenvalue weighted by Gasteiger charge is 2.38. The number of piperidine rings is 2. The van der Waals surface area contributed by atoms with Crippen molar-refractivity contribution in [2.75, 3.05) is 40.4 Å². The summed E-state index contributed by atoms with van der Waals surface area (Å²) in [6.07, 6.45) is 8.26. The summed E-state index contributed by atoms with van der Waals surface area (Å²) >= 11 is 23.9. The number of hydrogen-bond acceptors (Lipinski definition) is 10. The number of carbonyl (C=O) groups is 5. The molecule has 3 aliphatic rings. The second kappa shape index (κ2) is 28.0. The Labute approximate surface area is 446 Å². The molecule has 3 aliphatic heterocycles. The molecule has 1 N–H and O–H groups in total. The summed E-state index contributed by atoms with van der Waals surface area (Å²) in [7, 11) is 2.19. The summed E-state index contributed by atoms with van der Waals surface area (Å²) in [6.45, 7) is 2.66. The van der Waals surface area contributed by atoms with E-state index in [9.17, 15) is 29.2 Å². The van der Waals surface area contributed by atoms with E-state index in [0.29, 0.717) is 77.2 Å². The molecule has 0 atom stereocenters. The Morgan fingerprint density at radius 1 is 0.603 bits per heavy atom. The molecule has 0 aliphatic carbocycles. The molecule has 0 unspecified atom stereocenters. The number of likely N-dealkylation sites (tertiary alicyclic amines) is 2. The average molecular weight is 1090 g/mol. The Morgan fingerprint density at radius 2 is 0.945 bits per heavy atom. The molecule has 0 bridgehead atoms. The highest BCUT2D eigenvalue weighted by molar-refractivity contribution is 7.97. The molecule has 3 saturated heterocycles. The van der Waals surface area contributed by atoms with Crippen LogP contribution in [0.3, 0.4) is 0 Å². The van der Waals surface area contributed by atoms with E-state index in [1.54, 1.807) is 58.4 Å². The number of benzene rings is 5. The molecule has 73 heavy (non-hydrogen) atoms. The lowest BCUT2D eigenvalue weighted by molar-refractivity contribution is -0.154. The van der Waals surface area contributed by atoms with Gasteiger partial charge < -0.3 is 19.6 Å². The third kappa shape index (κ3) is 15.8. The van der Waals surface area contributed by atoms with Crippen LogP contribution in [0.25, 0.3) is 12.2 Å². The number of methoxy groups -OCH3 is 1. The number of carbonyl (C=O) groups excluding carboxylic acids is 5. The first kappa shape index (κ1) is 58.1. The van der Waals surface area contributed by atoms with Crippen LogP contribution in [-0.4, -0.2) is 95.7 Å². The van der Waals surface area contributed by atoms with Crippen molar-refractivity contribution in [2.24, 2.45) is 11.8 Å². The number of ketones is 2. The molecule has 5 aromatic carbocycles. The summed E-state index contributed by atoms with van der Waals surface area (Å²) in [5.41, 5.74) is 1.55. The Morgan fingerprint density at radius 3 is 1.25 bits per heavy atom. The lowest BCUT2D eigenvalue weighted by Gasteiger charge is -2.33. The maximum absolute atomic E-state index is 14.4. The van der Waals surface area contributed by atoms with E-state index in [4.69, 9.17) is 51.5 Å². The van der Waals surface area contributed by atoms with Gasteiger partial charge in [0.15, 0.2) is 5.78 Å². The zero-order chi connectivity index (χ0) is 53.1. The van der Waals surface area contributed by atoms with Crippen LogP contribution in [-0.2, 0) is 38.5 Å². The number of esters is 1. The van der Waals surface area contributed by atoms with E-state index >= 15 is 0 Å². The van der Waals surface area contributed by atoms with Crippen LogP contribution in [0.2, 0.25) is 20.1 Å². The topological polar surface area (TPSA) is 170 Å². The van der Waals surface area contributed by atoms with Gasteiger partial charge in [-0.3, -0.25) is 19.2 Å². The van der Waals surface area contributed by atoms with Crippen LogP contribution in [0, 0.1) is 23.2 Å². The Balaban J connectivity index is 0.000000267. The number of nitriles is 1. The number of aliphatic hydroxyl groups is 1. The van der Waals surface area contributed by atoms with Crippen molar-refractivity contribution in [3.05, 3.63) is 171 Å². The smallest absolute Gasteiger partial charge is 0.374 e. The van der Waals surface area contributed by atoms with Crippen LogP contribution in [0.5, 0.6) is 0 Å². The lowest BCUT2D eigenvalue weighted by atomic mass is 9.91. The number of Topliss-reactive ketones (excluding diaryl/α,β-unsaturated/α-hetero) is 2. The molecule has 17 heteroatoms. The van der Waals surface area contributed by atoms with Crippen LogP contribution < -0.4 is 15.9 Å². The van der Waals surface area contributed by atoms with Gasteiger partial charge in [-0.15, -0.1) is 0 Å². The van der Waals surface area contributed by atoms with Crippen molar-refractivity contribution < 1.29 is 43.6 Å². The van der Waals surface area contributed by atoms with Crippen molar-refractivity contribution >= 4 is 116 Å². The van der Waals surface area contributed by atoms with Crippen LogP contribution in [0.1, 0.15) is 50.7 Å². The molecule has 8 rings (SSSR count). The Kier molecular flexibility index (Phi) is 22.3. The minimum atomic E-state index is -2.78. The maximum atomic E-state index is 14.4. The zero-order valence-electron chi connectivity index (χ0n) is 40.8. The predicted molar refractivity (Wildman–Crippen MR) is 292 cm³/mol. The molecule has 0 radical (unpaired) electrons. The SMILES string of the molecule is CC1(C)OO1.CO.COC(=O)C(=O)C1CCN(C(=O)/C=C/c2ccc(Cl)c(Cl)c2)CC1.N#CC(C(=O)C1CCN(C(=O)/C=C/c2ccc(Cl)c(Cl)c2)CC1)=P(c1ccccc1)(c1ccccc1)c1ccccc1. The summed E-state index contributed by atoms with van der Waals surface area (Å²) in [6, 6.07) is 42.5. The fourth-order valence-corrected chi connectivity index (χ4v) is 12.9. The van der Waals surface area contributed by atoms with Gasteiger partial charge in [0.1, 0.15) is 11.4 Å². The summed E-state index contributed by atoms with van der Waals surface area (Å²) < 4.78 is 4.44. The molecule has 2 amide bonds. The number of aliphatic hydroxyl groups excluding tert-OH is 1. The number of hydrogen-bond donors (Lipinski definition) is 1. The maximum Gasteiger partial charge on any atom is 0.374 e. The van der Waals surface area contributed by atoms with Crippen molar-refractivity contribution in [3.8, 4) is 6.07 Å². The third-order valence-corrected chi connectivity index (χ3v) is 17.7. The quantitative estimate of drug-likeness (QED) is 0.0336. The van der Waals surface area contributed by atoms with E-state index in [1.807, 2.05) is 105 Å². The number of rotatable bonds is 11. The standard InChI is InChI=1S/C35H29Cl2N2O2P.C17H17Cl2NO4.C3H6O2.CH4O/c36-31-18-16-26(24-32(31)37)17-19-34(40)39-22-20-27(21-23-39)35(41)33(25-38)42(28-10-4-1-5-11-28,29-12-6-2-7-13-29)30-14-8-3-9-15-30;1-24-17(23)16(22)12-6-8-20(9-7-12)15(21)5-3-11-2-4-13(18)14(19)10-11;1-3(2)4-5-3;1-2/h1-19,24,27H,20-23H2;2-5,10,12H,6-9H2,1H3;1-2H3;2H,1H3/b19-17+;5-3+;;. The van der Waals surface area contributed by atoms with E-state index < -0.39 is 18.6 Å². The summed E-state index contributed by atoms with van der Waals surface area (Å²) in [5, 5.41) is 22.7. The molecule has 0 saturated carbocycles. The van der Waals surface area contributed by atoms with Crippen molar-refractivity contribution in [2.45, 2.75) is 45.3 Å². The number of nitrogens with zero attached hydrogens (tertiary/aromatic N) is 3. The van der Waals surface area contributed by atoms with Gasteiger partial charge in [-0.25, -0.2) is 4.79 Å². The Hall–Kier alpha value is -5.84. The first-order valence-electron chi connectivity index (χ1n) is 23.2. The van der Waals surface area contributed by atoms with Gasteiger partial charge in [0.2, 0.25) is 23.4 Å². The van der Waals surface area contributed by atoms with Gasteiger partial charge in [-0.1, -0.05) is 150 Å². The molecular formula is C56H56Cl4N3O9P. The molecule has 12 nitrogen and oxygen atoms in total.